The van der Waals surface area contributed by atoms with Crippen molar-refractivity contribution in [1.82, 2.24) is 15.1 Å². The van der Waals surface area contributed by atoms with E-state index in [1.54, 1.807) is 6.92 Å². The van der Waals surface area contributed by atoms with E-state index in [1.165, 1.54) is 0 Å². The summed E-state index contributed by atoms with van der Waals surface area (Å²) in [5.41, 5.74) is -0.642. The molecule has 1 rings (SSSR count). The summed E-state index contributed by atoms with van der Waals surface area (Å²) in [6, 6.07) is 0. The van der Waals surface area contributed by atoms with Crippen LogP contribution in [0.4, 0.5) is 0 Å². The van der Waals surface area contributed by atoms with Crippen molar-refractivity contribution in [2.24, 2.45) is 0 Å². The van der Waals surface area contributed by atoms with Crippen LogP contribution >= 0.6 is 0 Å². The van der Waals surface area contributed by atoms with Crippen molar-refractivity contribution < 1.29 is 9.52 Å². The van der Waals surface area contributed by atoms with E-state index >= 15 is 0 Å². The molecule has 0 saturated heterocycles. The molecule has 1 aromatic rings. The number of aromatic nitrogens is 2. The number of hydrogen-bond acceptors (Lipinski definition) is 5. The van der Waals surface area contributed by atoms with Crippen LogP contribution in [0.2, 0.25) is 0 Å². The third-order valence-electron chi connectivity index (χ3n) is 2.49. The van der Waals surface area contributed by atoms with Gasteiger partial charge >= 0.3 is 0 Å². The molecule has 0 aliphatic heterocycles. The van der Waals surface area contributed by atoms with Crippen molar-refractivity contribution in [3.05, 3.63) is 11.8 Å². The summed E-state index contributed by atoms with van der Waals surface area (Å²) >= 11 is 0. The maximum atomic E-state index is 9.76. The minimum Gasteiger partial charge on any atom is -0.426 e. The third-order valence-corrected chi connectivity index (χ3v) is 2.49. The minimum absolute atomic E-state index is 0.615. The van der Waals surface area contributed by atoms with Crippen LogP contribution in [-0.4, -0.2) is 45.4 Å². The van der Waals surface area contributed by atoms with Gasteiger partial charge in [0.25, 0.3) is 0 Å². The highest BCUT2D eigenvalue weighted by Crippen LogP contribution is 2.07. The zero-order valence-electron chi connectivity index (χ0n) is 11.2. The lowest BCUT2D eigenvalue weighted by molar-refractivity contribution is 0.0375. The van der Waals surface area contributed by atoms with Gasteiger partial charge in [-0.3, -0.25) is 0 Å². The molecule has 5 nitrogen and oxygen atoms in total. The smallest absolute Gasteiger partial charge is 0.216 e. The second-order valence-electron chi connectivity index (χ2n) is 5.00. The first kappa shape index (κ1) is 14.1. The Bertz CT molecular complexity index is 331. The summed E-state index contributed by atoms with van der Waals surface area (Å²) < 4.78 is 5.31. The molecule has 1 aromatic heterocycles. The van der Waals surface area contributed by atoms with Crippen LogP contribution in [0, 0.1) is 6.92 Å². The first-order chi connectivity index (χ1) is 7.90. The van der Waals surface area contributed by atoms with E-state index in [0.29, 0.717) is 18.3 Å². The number of rotatable bonds is 7. The lowest BCUT2D eigenvalue weighted by Gasteiger charge is -2.27. The van der Waals surface area contributed by atoms with Crippen LogP contribution < -0.4 is 0 Å². The van der Waals surface area contributed by atoms with Gasteiger partial charge in [-0.15, -0.1) is 10.2 Å². The fourth-order valence-electron chi connectivity index (χ4n) is 1.79. The van der Waals surface area contributed by atoms with Gasteiger partial charge in [-0.2, -0.15) is 0 Å². The van der Waals surface area contributed by atoms with E-state index in [1.807, 2.05) is 13.8 Å². The van der Waals surface area contributed by atoms with Gasteiger partial charge in [-0.1, -0.05) is 6.92 Å². The predicted octanol–water partition coefficient (Wildman–Crippen LogP) is 1.40. The fourth-order valence-corrected chi connectivity index (χ4v) is 1.79. The van der Waals surface area contributed by atoms with Crippen molar-refractivity contribution in [3.63, 3.8) is 0 Å². The Morgan fingerprint density at radius 1 is 1.35 bits per heavy atom. The first-order valence-corrected chi connectivity index (χ1v) is 6.14. The lowest BCUT2D eigenvalue weighted by Crippen LogP contribution is -2.39. The van der Waals surface area contributed by atoms with Crippen molar-refractivity contribution in [3.8, 4) is 0 Å². The summed E-state index contributed by atoms with van der Waals surface area (Å²) in [6.07, 6.45) is 1.76. The van der Waals surface area contributed by atoms with E-state index in [-0.39, 0.29) is 0 Å². The van der Waals surface area contributed by atoms with Crippen molar-refractivity contribution >= 4 is 0 Å². The highest BCUT2D eigenvalue weighted by molar-refractivity contribution is 4.79. The van der Waals surface area contributed by atoms with Gasteiger partial charge in [0, 0.05) is 19.9 Å². The summed E-state index contributed by atoms with van der Waals surface area (Å²) in [7, 11) is 0. The molecule has 0 bridgehead atoms. The number of aliphatic hydroxyl groups is 1. The summed E-state index contributed by atoms with van der Waals surface area (Å²) in [5.74, 6) is 1.31. The first-order valence-electron chi connectivity index (χ1n) is 6.14. The van der Waals surface area contributed by atoms with Gasteiger partial charge in [0.1, 0.15) is 0 Å². The molecule has 0 spiro atoms. The Labute approximate surface area is 103 Å². The molecule has 0 atom stereocenters. The third kappa shape index (κ3) is 5.79. The molecule has 0 radical (unpaired) electrons. The second-order valence-corrected chi connectivity index (χ2v) is 5.00. The number of hydrogen-bond donors (Lipinski definition) is 1. The van der Waals surface area contributed by atoms with Crippen LogP contribution in [0.3, 0.4) is 0 Å². The topological polar surface area (TPSA) is 62.4 Å². The van der Waals surface area contributed by atoms with Crippen molar-refractivity contribution in [2.45, 2.75) is 46.1 Å². The van der Waals surface area contributed by atoms with Gasteiger partial charge in [0.05, 0.1) is 5.60 Å². The van der Waals surface area contributed by atoms with Gasteiger partial charge in [-0.05, 0) is 33.4 Å². The van der Waals surface area contributed by atoms with E-state index in [9.17, 15) is 5.11 Å². The van der Waals surface area contributed by atoms with Crippen molar-refractivity contribution in [1.29, 1.82) is 0 Å². The van der Waals surface area contributed by atoms with Crippen LogP contribution in [0.5, 0.6) is 0 Å². The number of nitrogens with zero attached hydrogens (tertiary/aromatic N) is 3. The normalized spacial score (nSPS) is 12.4. The Balaban J connectivity index is 2.28. The molecule has 1 heterocycles. The molecule has 0 amide bonds. The molecule has 0 aromatic carbocycles. The van der Waals surface area contributed by atoms with E-state index in [2.05, 4.69) is 22.0 Å². The summed E-state index contributed by atoms with van der Waals surface area (Å²) in [5, 5.41) is 17.5. The zero-order valence-corrected chi connectivity index (χ0v) is 11.2. The molecular weight excluding hydrogens is 218 g/mol. The largest absolute Gasteiger partial charge is 0.426 e. The van der Waals surface area contributed by atoms with Crippen molar-refractivity contribution in [2.75, 3.05) is 19.6 Å². The van der Waals surface area contributed by atoms with Crippen LogP contribution in [0.1, 0.15) is 39.0 Å². The number of likely N-dealkylation sites (N-methyl/N-ethyl adjacent to an activating group) is 1. The summed E-state index contributed by atoms with van der Waals surface area (Å²) in [4.78, 5) is 2.23. The van der Waals surface area contributed by atoms with Gasteiger partial charge in [-0.25, -0.2) is 0 Å². The van der Waals surface area contributed by atoms with Crippen LogP contribution in [-0.2, 0) is 6.42 Å². The quantitative estimate of drug-likeness (QED) is 0.782. The molecule has 1 N–H and O–H groups in total. The molecule has 17 heavy (non-hydrogen) atoms. The molecule has 0 aliphatic carbocycles. The van der Waals surface area contributed by atoms with E-state index in [0.717, 1.165) is 25.9 Å². The summed E-state index contributed by atoms with van der Waals surface area (Å²) in [6.45, 7) is 10.1. The Kier molecular flexibility index (Phi) is 5.08. The van der Waals surface area contributed by atoms with Gasteiger partial charge in [0.2, 0.25) is 11.8 Å². The average molecular weight is 241 g/mol. The maximum absolute atomic E-state index is 9.76. The highest BCUT2D eigenvalue weighted by Gasteiger charge is 2.16. The highest BCUT2D eigenvalue weighted by atomic mass is 16.4. The van der Waals surface area contributed by atoms with Gasteiger partial charge < -0.3 is 14.4 Å². The van der Waals surface area contributed by atoms with Gasteiger partial charge in [0.15, 0.2) is 0 Å². The Morgan fingerprint density at radius 2 is 2.06 bits per heavy atom. The van der Waals surface area contributed by atoms with E-state index < -0.39 is 5.60 Å². The zero-order chi connectivity index (χ0) is 12.9. The monoisotopic (exact) mass is 241 g/mol. The van der Waals surface area contributed by atoms with E-state index in [4.69, 9.17) is 4.42 Å². The SMILES string of the molecule is CCN(CCCc1nnc(C)o1)CC(C)(C)O. The molecule has 5 heteroatoms. The molecule has 98 valence electrons. The molecular formula is C12H23N3O2. The Hall–Kier alpha value is -0.940. The fraction of sp³-hybridized carbons (Fsp3) is 0.833. The minimum atomic E-state index is -0.642. The second kappa shape index (κ2) is 6.12. The maximum Gasteiger partial charge on any atom is 0.216 e. The Morgan fingerprint density at radius 3 is 2.53 bits per heavy atom. The average Bonchev–Trinajstić information content (AvgIpc) is 2.61. The molecule has 0 saturated carbocycles. The van der Waals surface area contributed by atoms with Crippen LogP contribution in [0.15, 0.2) is 4.42 Å². The van der Waals surface area contributed by atoms with Crippen LogP contribution in [0.25, 0.3) is 0 Å². The molecule has 0 unspecified atom stereocenters. The number of aryl methyl sites for hydroxylation is 2. The predicted molar refractivity (Wildman–Crippen MR) is 65.8 cm³/mol. The standard InChI is InChI=1S/C12H23N3O2/c1-5-15(9-12(3,4)16)8-6-7-11-14-13-10(2)17-11/h16H,5-9H2,1-4H3. The lowest BCUT2D eigenvalue weighted by atomic mass is 10.1. The molecule has 0 fully saturated rings. The molecule has 0 aliphatic rings.